The number of fused-ring (bicyclic) bond motifs is 1. The third kappa shape index (κ3) is 5.90. The number of carbonyl (C=O) groups is 4. The van der Waals surface area contributed by atoms with Crippen molar-refractivity contribution >= 4 is 29.3 Å². The fraction of sp³-hybridized carbons (Fsp3) is 0.379. The van der Waals surface area contributed by atoms with Crippen molar-refractivity contribution in [1.82, 2.24) is 20.4 Å². The third-order valence-corrected chi connectivity index (χ3v) is 7.59. The molecule has 0 aliphatic carbocycles. The van der Waals surface area contributed by atoms with Gasteiger partial charge in [-0.3, -0.25) is 39.5 Å². The van der Waals surface area contributed by atoms with Crippen LogP contribution in [0.3, 0.4) is 0 Å². The summed E-state index contributed by atoms with van der Waals surface area (Å²) in [6.45, 7) is 2.14. The molecule has 3 aliphatic heterocycles. The molecule has 2 aromatic rings. The maximum Gasteiger partial charge on any atom is 0.310 e. The van der Waals surface area contributed by atoms with E-state index >= 15 is 0 Å². The Bertz CT molecular complexity index is 1490. The molecule has 0 aromatic heterocycles. The molecule has 212 valence electrons. The highest BCUT2D eigenvalue weighted by Crippen LogP contribution is 2.30. The van der Waals surface area contributed by atoms with E-state index in [1.807, 2.05) is 6.07 Å². The highest BCUT2D eigenvalue weighted by Gasteiger charge is 2.39. The van der Waals surface area contributed by atoms with Crippen LogP contribution in [0.5, 0.6) is 5.75 Å². The van der Waals surface area contributed by atoms with Crippen LogP contribution in [-0.2, 0) is 16.1 Å². The molecule has 1 unspecified atom stereocenters. The molecular weight excluding hydrogens is 530 g/mol. The number of imide groups is 1. The summed E-state index contributed by atoms with van der Waals surface area (Å²) < 4.78 is 5.07. The van der Waals surface area contributed by atoms with Gasteiger partial charge in [0.1, 0.15) is 6.04 Å². The molecule has 2 fully saturated rings. The number of rotatable bonds is 6. The highest BCUT2D eigenvalue weighted by molar-refractivity contribution is 6.05. The molecule has 2 saturated heterocycles. The van der Waals surface area contributed by atoms with E-state index in [4.69, 9.17) is 4.74 Å². The van der Waals surface area contributed by atoms with E-state index < -0.39 is 16.9 Å². The van der Waals surface area contributed by atoms with Crippen molar-refractivity contribution < 1.29 is 28.8 Å². The largest absolute Gasteiger partial charge is 0.490 e. The number of likely N-dealkylation sites (tertiary alicyclic amines) is 1. The molecule has 3 aliphatic rings. The van der Waals surface area contributed by atoms with Crippen LogP contribution in [0, 0.1) is 22.0 Å². The van der Waals surface area contributed by atoms with Crippen molar-refractivity contribution in [3.8, 4) is 17.6 Å². The van der Waals surface area contributed by atoms with Crippen LogP contribution in [0.2, 0.25) is 0 Å². The number of carbonyl (C=O) groups excluding carboxylic acids is 4. The number of nitrogens with one attached hydrogen (secondary N) is 2. The molecule has 2 atom stereocenters. The summed E-state index contributed by atoms with van der Waals surface area (Å²) in [6.07, 6.45) is 2.16. The van der Waals surface area contributed by atoms with Crippen molar-refractivity contribution in [3.05, 3.63) is 68.8 Å². The zero-order chi connectivity index (χ0) is 29.1. The molecule has 4 amide bonds. The predicted molar refractivity (Wildman–Crippen MR) is 146 cm³/mol. The Hall–Kier alpha value is -4.76. The van der Waals surface area contributed by atoms with Crippen LogP contribution in [0.1, 0.15) is 57.5 Å². The van der Waals surface area contributed by atoms with Crippen molar-refractivity contribution in [2.75, 3.05) is 26.7 Å². The lowest BCUT2D eigenvalue weighted by Gasteiger charge is -2.31. The fourth-order valence-corrected chi connectivity index (χ4v) is 5.50. The highest BCUT2D eigenvalue weighted by atomic mass is 16.6. The molecule has 5 rings (SSSR count). The summed E-state index contributed by atoms with van der Waals surface area (Å²) in [5.74, 6) is 5.05. The molecule has 0 spiro atoms. The second kappa shape index (κ2) is 11.8. The minimum absolute atomic E-state index is 0.0255. The van der Waals surface area contributed by atoms with Crippen molar-refractivity contribution in [2.45, 2.75) is 44.3 Å². The normalized spacial score (nSPS) is 20.5. The van der Waals surface area contributed by atoms with Gasteiger partial charge in [0.2, 0.25) is 11.8 Å². The van der Waals surface area contributed by atoms with Crippen molar-refractivity contribution in [2.24, 2.45) is 0 Å². The van der Waals surface area contributed by atoms with Gasteiger partial charge in [-0.05, 0) is 49.6 Å². The number of piperidine rings is 2. The SMILES string of the molecule is COc1cc(C(=O)N[C@H]2CCCN(CC#Cc3cccc4c3CN(C3CCC(=O)NC3=O)C4=O)C2)ccc1[N+](=O)[O-]. The monoisotopic (exact) mass is 559 g/mol. The molecule has 41 heavy (non-hydrogen) atoms. The van der Waals surface area contributed by atoms with Gasteiger partial charge in [0.05, 0.1) is 18.6 Å². The fourth-order valence-electron chi connectivity index (χ4n) is 5.50. The lowest BCUT2D eigenvalue weighted by molar-refractivity contribution is -0.385. The second-order valence-electron chi connectivity index (χ2n) is 10.2. The Morgan fingerprint density at radius 3 is 2.80 bits per heavy atom. The van der Waals surface area contributed by atoms with Crippen LogP contribution in [-0.4, -0.2) is 77.2 Å². The number of methoxy groups -OCH3 is 1. The molecule has 0 radical (unpaired) electrons. The van der Waals surface area contributed by atoms with Gasteiger partial charge in [0, 0.05) is 54.4 Å². The van der Waals surface area contributed by atoms with E-state index in [2.05, 4.69) is 27.4 Å². The first kappa shape index (κ1) is 27.8. The molecule has 12 heteroatoms. The molecule has 0 saturated carbocycles. The van der Waals surface area contributed by atoms with Crippen LogP contribution in [0.15, 0.2) is 36.4 Å². The van der Waals surface area contributed by atoms with E-state index in [9.17, 15) is 29.3 Å². The summed E-state index contributed by atoms with van der Waals surface area (Å²) in [4.78, 5) is 64.0. The average molecular weight is 560 g/mol. The van der Waals surface area contributed by atoms with Crippen LogP contribution < -0.4 is 15.4 Å². The third-order valence-electron chi connectivity index (χ3n) is 7.59. The van der Waals surface area contributed by atoms with Crippen LogP contribution in [0.25, 0.3) is 0 Å². The molecule has 0 bridgehead atoms. The summed E-state index contributed by atoms with van der Waals surface area (Å²) in [7, 11) is 1.32. The van der Waals surface area contributed by atoms with Crippen molar-refractivity contribution in [1.29, 1.82) is 0 Å². The summed E-state index contributed by atoms with van der Waals surface area (Å²) in [5, 5.41) is 16.4. The Balaban J connectivity index is 1.20. The van der Waals surface area contributed by atoms with Gasteiger partial charge in [0.25, 0.3) is 11.8 Å². The quantitative estimate of drug-likeness (QED) is 0.235. The number of benzene rings is 2. The van der Waals surface area contributed by atoms with Crippen LogP contribution >= 0.6 is 0 Å². The second-order valence-corrected chi connectivity index (χ2v) is 10.2. The Labute approximate surface area is 236 Å². The van der Waals surface area contributed by atoms with Crippen molar-refractivity contribution in [3.63, 3.8) is 0 Å². The minimum atomic E-state index is -0.680. The molecular formula is C29H29N5O7. The van der Waals surface area contributed by atoms with E-state index in [0.29, 0.717) is 25.1 Å². The number of hydrogen-bond acceptors (Lipinski definition) is 8. The number of nitrogens with zero attached hydrogens (tertiary/aromatic N) is 3. The lowest BCUT2D eigenvalue weighted by Crippen LogP contribution is -2.52. The van der Waals surface area contributed by atoms with Gasteiger partial charge < -0.3 is 15.0 Å². The van der Waals surface area contributed by atoms with E-state index in [-0.39, 0.29) is 53.7 Å². The van der Waals surface area contributed by atoms with Gasteiger partial charge >= 0.3 is 5.69 Å². The Morgan fingerprint density at radius 2 is 2.05 bits per heavy atom. The van der Waals surface area contributed by atoms with Gasteiger partial charge in [-0.1, -0.05) is 17.9 Å². The number of ether oxygens (including phenoxy) is 1. The summed E-state index contributed by atoms with van der Waals surface area (Å²) in [5.41, 5.74) is 2.09. The van der Waals surface area contributed by atoms with E-state index in [1.54, 1.807) is 12.1 Å². The topological polar surface area (TPSA) is 151 Å². The van der Waals surface area contributed by atoms with Gasteiger partial charge in [-0.2, -0.15) is 0 Å². The van der Waals surface area contributed by atoms with Gasteiger partial charge in [-0.15, -0.1) is 0 Å². The first-order chi connectivity index (χ1) is 19.7. The van der Waals surface area contributed by atoms with E-state index in [0.717, 1.165) is 30.5 Å². The maximum absolute atomic E-state index is 13.0. The molecule has 12 nitrogen and oxygen atoms in total. The van der Waals surface area contributed by atoms with Gasteiger partial charge in [-0.25, -0.2) is 0 Å². The molecule has 3 heterocycles. The number of nitro benzene ring substituents is 1. The minimum Gasteiger partial charge on any atom is -0.490 e. The van der Waals surface area contributed by atoms with Crippen LogP contribution in [0.4, 0.5) is 5.69 Å². The zero-order valence-corrected chi connectivity index (χ0v) is 22.5. The maximum atomic E-state index is 13.0. The number of amides is 4. The first-order valence-corrected chi connectivity index (χ1v) is 13.4. The molecule has 2 N–H and O–H groups in total. The number of hydrogen-bond donors (Lipinski definition) is 2. The summed E-state index contributed by atoms with van der Waals surface area (Å²) in [6, 6.07) is 8.60. The first-order valence-electron chi connectivity index (χ1n) is 13.4. The molecule has 2 aromatic carbocycles. The predicted octanol–water partition coefficient (Wildman–Crippen LogP) is 1.61. The van der Waals surface area contributed by atoms with E-state index in [1.165, 1.54) is 30.2 Å². The zero-order valence-electron chi connectivity index (χ0n) is 22.5. The Kier molecular flexibility index (Phi) is 7.98. The summed E-state index contributed by atoms with van der Waals surface area (Å²) >= 11 is 0. The van der Waals surface area contributed by atoms with Gasteiger partial charge in [0.15, 0.2) is 5.75 Å². The smallest absolute Gasteiger partial charge is 0.310 e. The average Bonchev–Trinajstić information content (AvgIpc) is 3.29. The number of nitro groups is 1. The standard InChI is InChI=1S/C29H29N5O7/c1-41-25-15-19(9-10-23(25)34(39)40)27(36)30-20-7-4-14-32(16-20)13-3-6-18-5-2-8-21-22(18)17-33(29(21)38)24-11-12-26(35)31-28(24)37/h2,5,8-10,15,20,24H,4,7,11-14,16-17H2,1H3,(H,30,36)(H,31,35,37)/t20-,24?/m0/s1. The Morgan fingerprint density at radius 1 is 1.22 bits per heavy atom. The lowest BCUT2D eigenvalue weighted by atomic mass is 10.0.